The van der Waals surface area contributed by atoms with E-state index in [4.69, 9.17) is 15.3 Å². The summed E-state index contributed by atoms with van der Waals surface area (Å²) in [6.45, 7) is 4.60. The van der Waals surface area contributed by atoms with Gasteiger partial charge in [0.25, 0.3) is 0 Å². The first-order chi connectivity index (χ1) is 7.86. The van der Waals surface area contributed by atoms with Crippen molar-refractivity contribution in [3.05, 3.63) is 48.0 Å². The number of hydrogen-bond acceptors (Lipinski definition) is 3. The molecule has 5 nitrogen and oxygen atoms in total. The van der Waals surface area contributed by atoms with Crippen LogP contribution in [0.3, 0.4) is 0 Å². The summed E-state index contributed by atoms with van der Waals surface area (Å²) in [6.07, 6.45) is -1.41. The third-order valence-corrected chi connectivity index (χ3v) is 1.71. The van der Waals surface area contributed by atoms with Gasteiger partial charge in [-0.1, -0.05) is 36.9 Å². The van der Waals surface area contributed by atoms with Crippen LogP contribution in [0.1, 0.15) is 18.6 Å². The van der Waals surface area contributed by atoms with Crippen molar-refractivity contribution < 1.29 is 24.9 Å². The highest BCUT2D eigenvalue weighted by Crippen LogP contribution is 2.10. The fourth-order valence-corrected chi connectivity index (χ4v) is 0.778. The standard InChI is InChI=1S/C8H8O3.C4H6O2/c9-7(8(10)11)6-4-2-1-3-5-6;1-3(2)4(5)6/h1-5,7,9H,(H,10,11);1H2,2H3,(H,5,6). The van der Waals surface area contributed by atoms with Crippen LogP contribution in [0.15, 0.2) is 42.5 Å². The smallest absolute Gasteiger partial charge is 0.337 e. The summed E-state index contributed by atoms with van der Waals surface area (Å²) in [7, 11) is 0. The van der Waals surface area contributed by atoms with E-state index in [1.54, 1.807) is 30.3 Å². The molecule has 0 aliphatic carbocycles. The molecule has 92 valence electrons. The highest BCUT2D eigenvalue weighted by atomic mass is 16.4. The van der Waals surface area contributed by atoms with E-state index in [2.05, 4.69) is 6.58 Å². The second kappa shape index (κ2) is 7.19. The van der Waals surface area contributed by atoms with E-state index in [0.717, 1.165) is 0 Å². The molecule has 0 heterocycles. The van der Waals surface area contributed by atoms with E-state index in [9.17, 15) is 9.59 Å². The number of carboxylic acid groups (broad SMARTS) is 2. The molecule has 0 radical (unpaired) electrons. The van der Waals surface area contributed by atoms with Crippen LogP contribution < -0.4 is 0 Å². The van der Waals surface area contributed by atoms with E-state index < -0.39 is 18.0 Å². The normalized spacial score (nSPS) is 10.7. The maximum atomic E-state index is 10.2. The number of aliphatic carboxylic acids is 2. The largest absolute Gasteiger partial charge is 0.479 e. The molecule has 17 heavy (non-hydrogen) atoms. The van der Waals surface area contributed by atoms with Crippen molar-refractivity contribution in [1.29, 1.82) is 0 Å². The van der Waals surface area contributed by atoms with E-state index in [1.807, 2.05) is 0 Å². The Bertz CT molecular complexity index is 385. The Morgan fingerprint density at radius 3 is 1.88 bits per heavy atom. The third-order valence-electron chi connectivity index (χ3n) is 1.71. The first-order valence-corrected chi connectivity index (χ1v) is 4.71. The quantitative estimate of drug-likeness (QED) is 0.693. The van der Waals surface area contributed by atoms with Gasteiger partial charge in [-0.05, 0) is 12.5 Å². The maximum absolute atomic E-state index is 10.2. The molecule has 0 bridgehead atoms. The summed E-state index contributed by atoms with van der Waals surface area (Å²) in [4.78, 5) is 19.8. The van der Waals surface area contributed by atoms with Gasteiger partial charge in [0, 0.05) is 5.57 Å². The second-order valence-electron chi connectivity index (χ2n) is 3.24. The topological polar surface area (TPSA) is 94.8 Å². The number of rotatable bonds is 3. The van der Waals surface area contributed by atoms with Crippen LogP contribution in [-0.4, -0.2) is 27.3 Å². The van der Waals surface area contributed by atoms with Crippen LogP contribution in [0.5, 0.6) is 0 Å². The van der Waals surface area contributed by atoms with Crippen molar-refractivity contribution in [1.82, 2.24) is 0 Å². The van der Waals surface area contributed by atoms with Crippen LogP contribution in [0, 0.1) is 0 Å². The molecule has 1 unspecified atom stereocenters. The molecular formula is C12H14O5. The van der Waals surface area contributed by atoms with Crippen LogP contribution in [0.25, 0.3) is 0 Å². The van der Waals surface area contributed by atoms with Crippen molar-refractivity contribution in [2.75, 3.05) is 0 Å². The van der Waals surface area contributed by atoms with Crippen molar-refractivity contribution in [3.63, 3.8) is 0 Å². The molecule has 0 spiro atoms. The zero-order chi connectivity index (χ0) is 13.4. The Morgan fingerprint density at radius 1 is 1.18 bits per heavy atom. The monoisotopic (exact) mass is 238 g/mol. The summed E-state index contributed by atoms with van der Waals surface area (Å²) in [6, 6.07) is 8.26. The molecular weight excluding hydrogens is 224 g/mol. The van der Waals surface area contributed by atoms with Crippen LogP contribution in [-0.2, 0) is 9.59 Å². The molecule has 3 N–H and O–H groups in total. The molecule has 1 atom stereocenters. The van der Waals surface area contributed by atoms with Crippen LogP contribution in [0.2, 0.25) is 0 Å². The molecule has 0 aromatic heterocycles. The lowest BCUT2D eigenvalue weighted by Gasteiger charge is -2.03. The summed E-state index contributed by atoms with van der Waals surface area (Å²) < 4.78 is 0. The average molecular weight is 238 g/mol. The summed E-state index contributed by atoms with van der Waals surface area (Å²) in [5, 5.41) is 25.3. The molecule has 1 aromatic rings. The average Bonchev–Trinajstić information content (AvgIpc) is 2.29. The first kappa shape index (κ1) is 14.9. The minimum Gasteiger partial charge on any atom is -0.479 e. The molecule has 0 aliphatic rings. The number of carbonyl (C=O) groups is 2. The molecule has 0 saturated heterocycles. The van der Waals surface area contributed by atoms with Crippen LogP contribution >= 0.6 is 0 Å². The Kier molecular flexibility index (Phi) is 6.28. The van der Waals surface area contributed by atoms with E-state index in [-0.39, 0.29) is 5.57 Å². The highest BCUT2D eigenvalue weighted by molar-refractivity contribution is 5.84. The molecule has 0 saturated carbocycles. The van der Waals surface area contributed by atoms with E-state index >= 15 is 0 Å². The second-order valence-corrected chi connectivity index (χ2v) is 3.24. The highest BCUT2D eigenvalue weighted by Gasteiger charge is 2.14. The zero-order valence-corrected chi connectivity index (χ0v) is 9.33. The van der Waals surface area contributed by atoms with Crippen molar-refractivity contribution in [3.8, 4) is 0 Å². The fourth-order valence-electron chi connectivity index (χ4n) is 0.778. The fraction of sp³-hybridized carbons (Fsp3) is 0.167. The Morgan fingerprint density at radius 2 is 1.59 bits per heavy atom. The maximum Gasteiger partial charge on any atom is 0.337 e. The van der Waals surface area contributed by atoms with Crippen LogP contribution in [0.4, 0.5) is 0 Å². The molecule has 0 amide bonds. The van der Waals surface area contributed by atoms with Gasteiger partial charge in [-0.15, -0.1) is 0 Å². The lowest BCUT2D eigenvalue weighted by atomic mass is 10.1. The zero-order valence-electron chi connectivity index (χ0n) is 9.33. The lowest BCUT2D eigenvalue weighted by molar-refractivity contribution is -0.147. The van der Waals surface area contributed by atoms with Gasteiger partial charge < -0.3 is 15.3 Å². The number of aliphatic hydroxyl groups is 1. The molecule has 5 heteroatoms. The van der Waals surface area contributed by atoms with Gasteiger partial charge in [-0.25, -0.2) is 9.59 Å². The minimum atomic E-state index is -1.41. The number of aliphatic hydroxyl groups excluding tert-OH is 1. The van der Waals surface area contributed by atoms with Gasteiger partial charge in [0.2, 0.25) is 0 Å². The summed E-state index contributed by atoms with van der Waals surface area (Å²) in [5.41, 5.74) is 0.579. The minimum absolute atomic E-state index is 0.176. The van der Waals surface area contributed by atoms with Gasteiger partial charge in [0.15, 0.2) is 6.10 Å². The number of carboxylic acids is 2. The SMILES string of the molecule is C=C(C)C(=O)O.O=C(O)C(O)c1ccccc1. The molecule has 0 fully saturated rings. The number of benzene rings is 1. The molecule has 1 rings (SSSR count). The van der Waals surface area contributed by atoms with Gasteiger partial charge in [-0.3, -0.25) is 0 Å². The van der Waals surface area contributed by atoms with Crippen molar-refractivity contribution in [2.24, 2.45) is 0 Å². The Labute approximate surface area is 98.6 Å². The summed E-state index contributed by atoms with van der Waals surface area (Å²) in [5.74, 6) is -2.16. The van der Waals surface area contributed by atoms with Crippen molar-refractivity contribution >= 4 is 11.9 Å². The molecule has 1 aromatic carbocycles. The third kappa shape index (κ3) is 6.11. The number of hydrogen-bond donors (Lipinski definition) is 3. The Balaban J connectivity index is 0.000000366. The summed E-state index contributed by atoms with van der Waals surface area (Å²) >= 11 is 0. The van der Waals surface area contributed by atoms with Gasteiger partial charge >= 0.3 is 11.9 Å². The molecule has 0 aliphatic heterocycles. The van der Waals surface area contributed by atoms with E-state index in [1.165, 1.54) is 6.92 Å². The predicted molar refractivity (Wildman–Crippen MR) is 61.5 cm³/mol. The van der Waals surface area contributed by atoms with Crippen molar-refractivity contribution in [2.45, 2.75) is 13.0 Å². The first-order valence-electron chi connectivity index (χ1n) is 4.71. The predicted octanol–water partition coefficient (Wildman–Crippen LogP) is 1.45. The van der Waals surface area contributed by atoms with Gasteiger partial charge in [0.1, 0.15) is 0 Å². The lowest BCUT2D eigenvalue weighted by Crippen LogP contribution is -2.09. The van der Waals surface area contributed by atoms with Gasteiger partial charge in [0.05, 0.1) is 0 Å². The van der Waals surface area contributed by atoms with Gasteiger partial charge in [-0.2, -0.15) is 0 Å². The Hall–Kier alpha value is -2.14. The van der Waals surface area contributed by atoms with E-state index in [0.29, 0.717) is 5.56 Å².